The van der Waals surface area contributed by atoms with Gasteiger partial charge in [-0.3, -0.25) is 4.90 Å². The maximum atomic E-state index is 5.75. The van der Waals surface area contributed by atoms with E-state index in [1.54, 1.807) is 0 Å². The van der Waals surface area contributed by atoms with Crippen LogP contribution in [-0.4, -0.2) is 55.1 Å². The zero-order valence-corrected chi connectivity index (χ0v) is 9.71. The molecule has 0 aromatic heterocycles. The van der Waals surface area contributed by atoms with Gasteiger partial charge in [0.1, 0.15) is 0 Å². The first-order valence-electron chi connectivity index (χ1n) is 5.98. The molecule has 0 radical (unpaired) electrons. The summed E-state index contributed by atoms with van der Waals surface area (Å²) in [6.07, 6.45) is 2.46. The number of nitrogens with zero attached hydrogens (tertiary/aromatic N) is 2. The van der Waals surface area contributed by atoms with Gasteiger partial charge in [0.25, 0.3) is 0 Å². The Hall–Kier alpha value is -0.120. The number of hydrogen-bond donors (Lipinski definition) is 1. The Kier molecular flexibility index (Phi) is 5.45. The lowest BCUT2D eigenvalue weighted by Gasteiger charge is -2.38. The van der Waals surface area contributed by atoms with E-state index in [-0.39, 0.29) is 0 Å². The molecular formula is C11H25N3. The van der Waals surface area contributed by atoms with E-state index in [1.807, 2.05) is 0 Å². The maximum absolute atomic E-state index is 5.75. The van der Waals surface area contributed by atoms with Crippen LogP contribution in [0.15, 0.2) is 0 Å². The van der Waals surface area contributed by atoms with Gasteiger partial charge in [-0.25, -0.2) is 0 Å². The van der Waals surface area contributed by atoms with E-state index in [0.717, 1.165) is 6.54 Å². The fourth-order valence-electron chi connectivity index (χ4n) is 2.24. The quantitative estimate of drug-likeness (QED) is 0.709. The Labute approximate surface area is 88.2 Å². The van der Waals surface area contributed by atoms with Crippen molar-refractivity contribution in [3.05, 3.63) is 0 Å². The molecule has 3 nitrogen and oxygen atoms in total. The molecule has 0 aromatic carbocycles. The molecule has 14 heavy (non-hydrogen) atoms. The highest BCUT2D eigenvalue weighted by molar-refractivity contribution is 4.78. The van der Waals surface area contributed by atoms with E-state index < -0.39 is 0 Å². The van der Waals surface area contributed by atoms with Crippen LogP contribution in [0, 0.1) is 0 Å². The SMILES string of the molecule is CCCN1CCN(C(CC)CN)CC1. The third kappa shape index (κ3) is 3.23. The van der Waals surface area contributed by atoms with Crippen LogP contribution in [0.1, 0.15) is 26.7 Å². The Morgan fingerprint density at radius 3 is 2.21 bits per heavy atom. The second kappa shape index (κ2) is 6.38. The monoisotopic (exact) mass is 199 g/mol. The summed E-state index contributed by atoms with van der Waals surface area (Å²) in [5.41, 5.74) is 5.75. The highest BCUT2D eigenvalue weighted by atomic mass is 15.3. The Morgan fingerprint density at radius 1 is 1.14 bits per heavy atom. The van der Waals surface area contributed by atoms with E-state index in [2.05, 4.69) is 23.6 Å². The Balaban J connectivity index is 2.27. The number of nitrogens with two attached hydrogens (primary N) is 1. The van der Waals surface area contributed by atoms with Crippen LogP contribution in [0.4, 0.5) is 0 Å². The van der Waals surface area contributed by atoms with E-state index in [1.165, 1.54) is 45.6 Å². The van der Waals surface area contributed by atoms with Crippen molar-refractivity contribution in [1.82, 2.24) is 9.80 Å². The first-order valence-corrected chi connectivity index (χ1v) is 5.98. The molecule has 3 heteroatoms. The first-order chi connectivity index (χ1) is 6.81. The largest absolute Gasteiger partial charge is 0.329 e. The van der Waals surface area contributed by atoms with Crippen molar-refractivity contribution in [3.63, 3.8) is 0 Å². The second-order valence-corrected chi connectivity index (χ2v) is 4.18. The third-order valence-corrected chi connectivity index (χ3v) is 3.21. The molecule has 84 valence electrons. The predicted octanol–water partition coefficient (Wildman–Crippen LogP) is 0.751. The molecule has 1 heterocycles. The molecule has 0 spiro atoms. The molecule has 1 aliphatic heterocycles. The van der Waals surface area contributed by atoms with Crippen LogP contribution in [0.2, 0.25) is 0 Å². The van der Waals surface area contributed by atoms with Crippen LogP contribution in [-0.2, 0) is 0 Å². The highest BCUT2D eigenvalue weighted by Gasteiger charge is 2.20. The van der Waals surface area contributed by atoms with Crippen molar-refractivity contribution < 1.29 is 0 Å². The zero-order chi connectivity index (χ0) is 10.4. The average molecular weight is 199 g/mol. The normalized spacial score (nSPS) is 22.5. The van der Waals surface area contributed by atoms with Crippen LogP contribution >= 0.6 is 0 Å². The summed E-state index contributed by atoms with van der Waals surface area (Å²) in [6.45, 7) is 11.4. The molecule has 1 saturated heterocycles. The van der Waals surface area contributed by atoms with Gasteiger partial charge in [0.05, 0.1) is 0 Å². The summed E-state index contributed by atoms with van der Waals surface area (Å²) < 4.78 is 0. The molecule has 0 amide bonds. The molecule has 1 fully saturated rings. The van der Waals surface area contributed by atoms with Crippen LogP contribution in [0.5, 0.6) is 0 Å². The molecule has 0 bridgehead atoms. The van der Waals surface area contributed by atoms with Gasteiger partial charge in [0.2, 0.25) is 0 Å². The van der Waals surface area contributed by atoms with Crippen molar-refractivity contribution in [2.24, 2.45) is 5.73 Å². The van der Waals surface area contributed by atoms with Gasteiger partial charge in [-0.2, -0.15) is 0 Å². The molecular weight excluding hydrogens is 174 g/mol. The number of rotatable bonds is 5. The molecule has 1 aliphatic rings. The maximum Gasteiger partial charge on any atom is 0.0216 e. The molecule has 1 atom stereocenters. The van der Waals surface area contributed by atoms with E-state index in [4.69, 9.17) is 5.73 Å². The van der Waals surface area contributed by atoms with Gasteiger partial charge >= 0.3 is 0 Å². The van der Waals surface area contributed by atoms with E-state index in [9.17, 15) is 0 Å². The van der Waals surface area contributed by atoms with Gasteiger partial charge in [-0.1, -0.05) is 13.8 Å². The summed E-state index contributed by atoms with van der Waals surface area (Å²) in [5.74, 6) is 0. The lowest BCUT2D eigenvalue weighted by molar-refractivity contribution is 0.0969. The molecule has 1 rings (SSSR count). The molecule has 1 unspecified atom stereocenters. The third-order valence-electron chi connectivity index (χ3n) is 3.21. The van der Waals surface area contributed by atoms with Crippen molar-refractivity contribution in [2.75, 3.05) is 39.3 Å². The summed E-state index contributed by atoms with van der Waals surface area (Å²) in [6, 6.07) is 0.610. The first kappa shape index (κ1) is 12.0. The van der Waals surface area contributed by atoms with Crippen molar-refractivity contribution >= 4 is 0 Å². The van der Waals surface area contributed by atoms with Crippen molar-refractivity contribution in [3.8, 4) is 0 Å². The summed E-state index contributed by atoms with van der Waals surface area (Å²) in [5, 5.41) is 0. The predicted molar refractivity (Wildman–Crippen MR) is 61.4 cm³/mol. The van der Waals surface area contributed by atoms with Crippen molar-refractivity contribution in [1.29, 1.82) is 0 Å². The minimum absolute atomic E-state index is 0.610. The van der Waals surface area contributed by atoms with Crippen LogP contribution in [0.25, 0.3) is 0 Å². The second-order valence-electron chi connectivity index (χ2n) is 4.18. The van der Waals surface area contributed by atoms with Gasteiger partial charge in [0.15, 0.2) is 0 Å². The molecule has 0 aromatic rings. The minimum Gasteiger partial charge on any atom is -0.329 e. The molecule has 2 N–H and O–H groups in total. The van der Waals surface area contributed by atoms with Crippen LogP contribution < -0.4 is 5.73 Å². The van der Waals surface area contributed by atoms with Gasteiger partial charge in [-0.05, 0) is 19.4 Å². The van der Waals surface area contributed by atoms with Gasteiger partial charge in [0, 0.05) is 38.8 Å². The Bertz CT molecular complexity index is 137. The summed E-state index contributed by atoms with van der Waals surface area (Å²) in [4.78, 5) is 5.10. The lowest BCUT2D eigenvalue weighted by atomic mass is 10.1. The summed E-state index contributed by atoms with van der Waals surface area (Å²) in [7, 11) is 0. The van der Waals surface area contributed by atoms with Gasteiger partial charge in [-0.15, -0.1) is 0 Å². The van der Waals surface area contributed by atoms with E-state index in [0.29, 0.717) is 6.04 Å². The lowest BCUT2D eigenvalue weighted by Crippen LogP contribution is -2.52. The topological polar surface area (TPSA) is 32.5 Å². The van der Waals surface area contributed by atoms with Crippen molar-refractivity contribution in [2.45, 2.75) is 32.7 Å². The fraction of sp³-hybridized carbons (Fsp3) is 1.00. The fourth-order valence-corrected chi connectivity index (χ4v) is 2.24. The zero-order valence-electron chi connectivity index (χ0n) is 9.71. The standard InChI is InChI=1S/C11H25N3/c1-3-5-13-6-8-14(9-7-13)11(4-2)10-12/h11H,3-10,12H2,1-2H3. The minimum atomic E-state index is 0.610. The van der Waals surface area contributed by atoms with E-state index >= 15 is 0 Å². The highest BCUT2D eigenvalue weighted by Crippen LogP contribution is 2.08. The number of hydrogen-bond acceptors (Lipinski definition) is 3. The van der Waals surface area contributed by atoms with Crippen LogP contribution in [0.3, 0.4) is 0 Å². The number of piperazine rings is 1. The van der Waals surface area contributed by atoms with Gasteiger partial charge < -0.3 is 10.6 Å². The molecule has 0 saturated carbocycles. The molecule has 0 aliphatic carbocycles. The Morgan fingerprint density at radius 2 is 1.79 bits per heavy atom. The smallest absolute Gasteiger partial charge is 0.0216 e. The summed E-state index contributed by atoms with van der Waals surface area (Å²) >= 11 is 0. The average Bonchev–Trinajstić information content (AvgIpc) is 2.23.